The molecule has 0 spiro atoms. The number of nitrogens with zero attached hydrogens (tertiary/aromatic N) is 1. The fourth-order valence-electron chi connectivity index (χ4n) is 3.13. The van der Waals surface area contributed by atoms with Crippen molar-refractivity contribution < 1.29 is 38.3 Å². The zero-order chi connectivity index (χ0) is 23.4. The second-order valence-electron chi connectivity index (χ2n) is 6.91. The fourth-order valence-corrected chi connectivity index (χ4v) is 4.25. The summed E-state index contributed by atoms with van der Waals surface area (Å²) in [6, 6.07) is 6.32. The molecular formula is C20H20F3N3O5S. The van der Waals surface area contributed by atoms with Gasteiger partial charge >= 0.3 is 0 Å². The molecule has 1 aliphatic heterocycles. The minimum atomic E-state index is -1.67. The fraction of sp³-hybridized carbons (Fsp3) is 0.300. The van der Waals surface area contributed by atoms with E-state index in [2.05, 4.69) is 10.4 Å². The van der Waals surface area contributed by atoms with Crippen molar-refractivity contribution in [3.05, 3.63) is 65.6 Å². The highest BCUT2D eigenvalue weighted by molar-refractivity contribution is 7.99. The monoisotopic (exact) mass is 471 g/mol. The van der Waals surface area contributed by atoms with E-state index < -0.39 is 53.8 Å². The Labute approximate surface area is 184 Å². The minimum absolute atomic E-state index is 0.00267. The van der Waals surface area contributed by atoms with Gasteiger partial charge in [0.25, 0.3) is 0 Å². The van der Waals surface area contributed by atoms with E-state index in [4.69, 9.17) is 10.3 Å². The summed E-state index contributed by atoms with van der Waals surface area (Å²) in [6.45, 7) is -0.572. The standard InChI is InChI=1S/C20H20F3N3O5S/c21-12-4-9(5-13(22)16(12)23)14(26-24)7-25-17-18(29)15(8-27)31-20(19(17)30)32-11-3-1-2-10(28)6-11/h1-7,15,17-20,24-25,27-30H,8H2/b14-7-,26-24?/t15?,17?,18-,19?,20+/m0/s1. The van der Waals surface area contributed by atoms with Crippen molar-refractivity contribution in [2.75, 3.05) is 6.61 Å². The maximum Gasteiger partial charge on any atom is 0.194 e. The van der Waals surface area contributed by atoms with Crippen molar-refractivity contribution in [2.45, 2.75) is 34.7 Å². The molecule has 0 saturated carbocycles. The molecule has 3 rings (SSSR count). The molecule has 2 aromatic carbocycles. The van der Waals surface area contributed by atoms with Crippen LogP contribution in [-0.2, 0) is 4.74 Å². The highest BCUT2D eigenvalue weighted by atomic mass is 32.2. The lowest BCUT2D eigenvalue weighted by atomic mass is 9.97. The first-order valence-electron chi connectivity index (χ1n) is 9.32. The molecule has 5 atom stereocenters. The van der Waals surface area contributed by atoms with Crippen molar-refractivity contribution in [3.8, 4) is 5.75 Å². The average Bonchev–Trinajstić information content (AvgIpc) is 2.76. The first-order chi connectivity index (χ1) is 15.2. The molecule has 1 heterocycles. The number of phenolic OH excluding ortho intramolecular Hbond substituents is 1. The van der Waals surface area contributed by atoms with Gasteiger partial charge in [-0.3, -0.25) is 0 Å². The summed E-state index contributed by atoms with van der Waals surface area (Å²) in [6.07, 6.45) is -2.81. The molecule has 0 amide bonds. The number of halogens is 3. The molecule has 32 heavy (non-hydrogen) atoms. The van der Waals surface area contributed by atoms with Crippen LogP contribution in [-0.4, -0.2) is 56.8 Å². The molecular weight excluding hydrogens is 451 g/mol. The zero-order valence-electron chi connectivity index (χ0n) is 16.3. The van der Waals surface area contributed by atoms with Crippen LogP contribution in [0.3, 0.4) is 0 Å². The lowest BCUT2D eigenvalue weighted by Gasteiger charge is -2.42. The highest BCUT2D eigenvalue weighted by Crippen LogP contribution is 2.34. The Morgan fingerprint density at radius 3 is 2.44 bits per heavy atom. The molecule has 3 unspecified atom stereocenters. The summed E-state index contributed by atoms with van der Waals surface area (Å²) in [4.78, 5) is 0.551. The number of nitrogens with one attached hydrogen (secondary N) is 2. The zero-order valence-corrected chi connectivity index (χ0v) is 17.1. The minimum Gasteiger partial charge on any atom is -0.508 e. The van der Waals surface area contributed by atoms with Crippen molar-refractivity contribution in [1.82, 2.24) is 5.32 Å². The third kappa shape index (κ3) is 5.22. The summed E-state index contributed by atoms with van der Waals surface area (Å²) in [5, 5.41) is 46.2. The molecule has 12 heteroatoms. The maximum absolute atomic E-state index is 13.5. The Hall–Kier alpha value is -2.64. The largest absolute Gasteiger partial charge is 0.508 e. The van der Waals surface area contributed by atoms with Crippen LogP contribution in [0.4, 0.5) is 13.2 Å². The van der Waals surface area contributed by atoms with E-state index in [1.165, 1.54) is 12.1 Å². The van der Waals surface area contributed by atoms with Gasteiger partial charge in [-0.2, -0.15) is 5.11 Å². The third-order valence-electron chi connectivity index (χ3n) is 4.77. The van der Waals surface area contributed by atoms with Crippen LogP contribution in [0.15, 0.2) is 52.6 Å². The smallest absolute Gasteiger partial charge is 0.194 e. The summed E-state index contributed by atoms with van der Waals surface area (Å²) in [7, 11) is 0. The molecule has 0 aromatic heterocycles. The summed E-state index contributed by atoms with van der Waals surface area (Å²) >= 11 is 1.04. The van der Waals surface area contributed by atoms with Gasteiger partial charge < -0.3 is 30.5 Å². The molecule has 0 aliphatic carbocycles. The van der Waals surface area contributed by atoms with Crippen LogP contribution in [0.2, 0.25) is 0 Å². The van der Waals surface area contributed by atoms with E-state index in [0.29, 0.717) is 17.0 Å². The molecule has 2 aromatic rings. The third-order valence-corrected chi connectivity index (χ3v) is 5.92. The van der Waals surface area contributed by atoms with Crippen LogP contribution < -0.4 is 5.32 Å². The van der Waals surface area contributed by atoms with E-state index in [0.717, 1.165) is 18.0 Å². The van der Waals surface area contributed by atoms with E-state index in [1.807, 2.05) is 0 Å². The molecule has 172 valence electrons. The second-order valence-corrected chi connectivity index (χ2v) is 8.08. The number of rotatable bonds is 7. The summed E-state index contributed by atoms with van der Waals surface area (Å²) in [5.74, 6) is -4.61. The molecule has 8 nitrogen and oxygen atoms in total. The van der Waals surface area contributed by atoms with Crippen LogP contribution >= 0.6 is 11.8 Å². The Balaban J connectivity index is 1.84. The van der Waals surface area contributed by atoms with Gasteiger partial charge in [-0.15, -0.1) is 0 Å². The van der Waals surface area contributed by atoms with Gasteiger partial charge in [0, 0.05) is 16.7 Å². The summed E-state index contributed by atoms with van der Waals surface area (Å²) in [5.41, 5.74) is 5.74. The van der Waals surface area contributed by atoms with Gasteiger partial charge in [-0.25, -0.2) is 18.7 Å². The first kappa shape index (κ1) is 24.0. The maximum atomic E-state index is 13.5. The van der Waals surface area contributed by atoms with Crippen LogP contribution in [0.1, 0.15) is 5.56 Å². The Bertz CT molecular complexity index is 989. The van der Waals surface area contributed by atoms with Gasteiger partial charge in [0.05, 0.1) is 12.6 Å². The molecule has 0 bridgehead atoms. The van der Waals surface area contributed by atoms with E-state index in [-0.39, 0.29) is 17.0 Å². The van der Waals surface area contributed by atoms with Gasteiger partial charge in [0.2, 0.25) is 0 Å². The number of aliphatic hydroxyl groups is 3. The topological polar surface area (TPSA) is 138 Å². The van der Waals surface area contributed by atoms with Crippen LogP contribution in [0.25, 0.3) is 5.70 Å². The predicted molar refractivity (Wildman–Crippen MR) is 108 cm³/mol. The predicted octanol–water partition coefficient (Wildman–Crippen LogP) is 2.33. The SMILES string of the molecule is N=N/C(=C\NC1C(O)[C@@H](Sc2cccc(O)c2)OC(CO)[C@@H]1O)c1cc(F)c(F)c(F)c1. The first-order valence-corrected chi connectivity index (χ1v) is 10.2. The van der Waals surface area contributed by atoms with Crippen molar-refractivity contribution in [1.29, 1.82) is 5.53 Å². The van der Waals surface area contributed by atoms with E-state index >= 15 is 0 Å². The van der Waals surface area contributed by atoms with Crippen molar-refractivity contribution in [3.63, 3.8) is 0 Å². The van der Waals surface area contributed by atoms with Gasteiger partial charge in [0.15, 0.2) is 17.5 Å². The highest BCUT2D eigenvalue weighted by Gasteiger charge is 2.44. The second kappa shape index (κ2) is 10.3. The summed E-state index contributed by atoms with van der Waals surface area (Å²) < 4.78 is 45.8. The molecule has 1 saturated heterocycles. The van der Waals surface area contributed by atoms with Gasteiger partial charge in [-0.05, 0) is 30.3 Å². The average molecular weight is 471 g/mol. The number of aromatic hydroxyl groups is 1. The number of ether oxygens (including phenoxy) is 1. The van der Waals surface area contributed by atoms with Gasteiger partial charge in [-0.1, -0.05) is 17.8 Å². The number of hydrogen-bond acceptors (Lipinski definition) is 9. The lowest BCUT2D eigenvalue weighted by molar-refractivity contribution is -0.164. The quantitative estimate of drug-likeness (QED) is 0.269. The normalized spacial score (nSPS) is 26.1. The van der Waals surface area contributed by atoms with E-state index in [9.17, 15) is 33.6 Å². The van der Waals surface area contributed by atoms with Crippen molar-refractivity contribution in [2.24, 2.45) is 5.11 Å². The van der Waals surface area contributed by atoms with Crippen molar-refractivity contribution >= 4 is 17.5 Å². The number of aliphatic hydroxyl groups excluding tert-OH is 3. The van der Waals surface area contributed by atoms with Crippen LogP contribution in [0, 0.1) is 23.0 Å². The van der Waals surface area contributed by atoms with E-state index in [1.54, 1.807) is 12.1 Å². The molecule has 1 aliphatic rings. The number of thioether (sulfide) groups is 1. The lowest BCUT2D eigenvalue weighted by Crippen LogP contribution is -2.61. The Morgan fingerprint density at radius 2 is 1.84 bits per heavy atom. The molecule has 0 radical (unpaired) electrons. The van der Waals surface area contributed by atoms with Crippen LogP contribution in [0.5, 0.6) is 5.75 Å². The number of phenols is 1. The van der Waals surface area contributed by atoms with Gasteiger partial charge in [0.1, 0.15) is 35.2 Å². The molecule has 1 fully saturated rings. The molecule has 6 N–H and O–H groups in total. The Kier molecular flexibility index (Phi) is 7.74. The number of benzene rings is 2. The Morgan fingerprint density at radius 1 is 1.16 bits per heavy atom. The number of hydrogen-bond donors (Lipinski definition) is 6.